The molecule has 0 amide bonds. The van der Waals surface area contributed by atoms with Crippen molar-refractivity contribution in [1.29, 1.82) is 0 Å². The fourth-order valence-corrected chi connectivity index (χ4v) is 1.41. The predicted molar refractivity (Wildman–Crippen MR) is 99.6 cm³/mol. The number of ketones is 6. The predicted octanol–water partition coefficient (Wildman–Crippen LogP) is -5.54. The Labute approximate surface area is 207 Å². The zero-order valence-corrected chi connectivity index (χ0v) is 20.3. The Morgan fingerprint density at radius 1 is 0.588 bits per heavy atom. The fourth-order valence-electron chi connectivity index (χ4n) is 1.41. The Balaban J connectivity index is -0.000000176. The zero-order valence-electron chi connectivity index (χ0n) is 18.6. The molecule has 191 valence electrons. The molecule has 1 aliphatic heterocycles. The zero-order chi connectivity index (χ0) is 26.6. The molecule has 0 aromatic rings. The maximum atomic E-state index is 10.1. The minimum absolute atomic E-state index is 0. The van der Waals surface area contributed by atoms with E-state index in [1.807, 2.05) is 0 Å². The van der Waals surface area contributed by atoms with Gasteiger partial charge in [-0.15, -0.1) is 0 Å². The Morgan fingerprint density at radius 3 is 0.882 bits per heavy atom. The normalized spacial score (nSPS) is 11.0. The summed E-state index contributed by atoms with van der Waals surface area (Å²) in [5, 5.41) is 32.0. The van der Waals surface area contributed by atoms with Gasteiger partial charge in [-0.1, -0.05) is 0 Å². The van der Waals surface area contributed by atoms with Gasteiger partial charge in [-0.2, -0.15) is 0 Å². The number of rotatable bonds is 9. The number of Topliss-reactive ketones (excluding diaryl/α,β-unsaturated/α-hetero) is 6. The van der Waals surface area contributed by atoms with Crippen LogP contribution in [0.2, 0.25) is 0 Å². The number of carbonyl (C=O) groups excluding carboxylic acids is 9. The van der Waals surface area contributed by atoms with Crippen molar-refractivity contribution < 1.29 is 82.7 Å². The van der Waals surface area contributed by atoms with Crippen molar-refractivity contribution in [1.82, 2.24) is 5.32 Å². The molecule has 0 aromatic heterocycles. The first kappa shape index (κ1) is 38.2. The van der Waals surface area contributed by atoms with E-state index >= 15 is 0 Å². The van der Waals surface area contributed by atoms with E-state index in [0.717, 1.165) is 47.1 Å². The first-order valence-electron chi connectivity index (χ1n) is 9.11. The van der Waals surface area contributed by atoms with Crippen molar-refractivity contribution in [2.75, 3.05) is 26.3 Å². The first-order chi connectivity index (χ1) is 15.1. The van der Waals surface area contributed by atoms with E-state index in [9.17, 15) is 58.5 Å². The summed E-state index contributed by atoms with van der Waals surface area (Å²) in [6.07, 6.45) is -1.70. The van der Waals surface area contributed by atoms with E-state index in [2.05, 4.69) is 5.32 Å². The van der Waals surface area contributed by atoms with Crippen molar-refractivity contribution in [2.24, 2.45) is 0 Å². The minimum atomic E-state index is -1.80. The molecule has 15 heteroatoms. The summed E-state index contributed by atoms with van der Waals surface area (Å²) in [6.45, 7) is 7.25. The van der Waals surface area contributed by atoms with Crippen LogP contribution >= 0.6 is 0 Å². The van der Waals surface area contributed by atoms with Gasteiger partial charge >= 0.3 is 19.5 Å². The second kappa shape index (κ2) is 23.1. The molecule has 34 heavy (non-hydrogen) atoms. The van der Waals surface area contributed by atoms with E-state index in [1.165, 1.54) is 0 Å². The molecule has 1 N–H and O–H groups in total. The van der Waals surface area contributed by atoms with Gasteiger partial charge in [0, 0.05) is 13.1 Å². The number of morpholine rings is 1. The van der Waals surface area contributed by atoms with E-state index in [-0.39, 0.29) is 19.5 Å². The van der Waals surface area contributed by atoms with Gasteiger partial charge in [0.05, 0.1) is 32.5 Å². The van der Waals surface area contributed by atoms with Gasteiger partial charge in [0.25, 0.3) is 0 Å². The number of hydrogen-bond acceptors (Lipinski definition) is 14. The molecule has 1 fully saturated rings. The summed E-state index contributed by atoms with van der Waals surface area (Å²) in [6, 6.07) is 0. The summed E-state index contributed by atoms with van der Waals surface area (Å²) in [5.74, 6) is -10.3. The van der Waals surface area contributed by atoms with Gasteiger partial charge < -0.3 is 39.8 Å². The molecule has 0 aliphatic carbocycles. The van der Waals surface area contributed by atoms with Gasteiger partial charge in [-0.25, -0.2) is 0 Å². The number of hydrogen-bond donors (Lipinski definition) is 1. The van der Waals surface area contributed by atoms with Crippen LogP contribution in [0.15, 0.2) is 0 Å². The Hall–Kier alpha value is -3.03. The molecule has 0 spiro atoms. The maximum absolute atomic E-state index is 10.1. The summed E-state index contributed by atoms with van der Waals surface area (Å²) in [4.78, 5) is 89.2. The van der Waals surface area contributed by atoms with Crippen LogP contribution in [0.3, 0.4) is 0 Å². The van der Waals surface area contributed by atoms with Crippen LogP contribution < -0.4 is 20.6 Å². The standard InChI is InChI=1S/3C5H6O4.C4H9NO.Ru/c3*1-3(6)2-4(7)5(8)9;1-3-6-4-2-5-1;/h3*2H2,1H3,(H,8,9);5H,1-4H2;/q;;;;+3/p-3. The molecule has 1 aliphatic rings. The number of carbonyl (C=O) groups is 9. The average Bonchev–Trinajstić information content (AvgIpc) is 2.69. The summed E-state index contributed by atoms with van der Waals surface area (Å²) in [5.41, 5.74) is 0. The van der Waals surface area contributed by atoms with Crippen LogP contribution in [0.25, 0.3) is 0 Å². The molecule has 1 rings (SSSR count). The average molecular weight is 575 g/mol. The first-order valence-corrected chi connectivity index (χ1v) is 9.11. The third kappa shape index (κ3) is 31.2. The fraction of sp³-hybridized carbons (Fsp3) is 0.526. The van der Waals surface area contributed by atoms with Crippen LogP contribution in [0, 0.1) is 0 Å². The van der Waals surface area contributed by atoms with Gasteiger partial charge in [0.1, 0.15) is 35.3 Å². The molecule has 0 unspecified atom stereocenters. The van der Waals surface area contributed by atoms with Crippen LogP contribution in [0.4, 0.5) is 0 Å². The molecule has 0 aromatic carbocycles. The molecule has 1 radical (unpaired) electrons. The Morgan fingerprint density at radius 2 is 0.824 bits per heavy atom. The molecule has 0 atom stereocenters. The number of ether oxygens (including phenoxy) is 1. The topological polar surface area (TPSA) is 244 Å². The molecule has 14 nitrogen and oxygen atoms in total. The van der Waals surface area contributed by atoms with Gasteiger partial charge in [0.15, 0.2) is 17.3 Å². The van der Waals surface area contributed by atoms with Crippen LogP contribution in [0.5, 0.6) is 0 Å². The van der Waals surface area contributed by atoms with Crippen molar-refractivity contribution in [3.05, 3.63) is 0 Å². The largest absolute Gasteiger partial charge is 3.00 e. The molecule has 0 saturated carbocycles. The quantitative estimate of drug-likeness (QED) is 0.153. The van der Waals surface area contributed by atoms with Crippen LogP contribution in [0.1, 0.15) is 40.0 Å². The third-order valence-corrected chi connectivity index (χ3v) is 2.76. The smallest absolute Gasteiger partial charge is 0.542 e. The van der Waals surface area contributed by atoms with Crippen molar-refractivity contribution in [2.45, 2.75) is 40.0 Å². The molecular formula is C19H24NO13Ru. The maximum Gasteiger partial charge on any atom is 3.00 e. The Bertz CT molecular complexity index is 655. The Kier molecular flexibility index (Phi) is 26.0. The van der Waals surface area contributed by atoms with Crippen molar-refractivity contribution >= 4 is 52.6 Å². The molecule has 1 heterocycles. The summed E-state index contributed by atoms with van der Waals surface area (Å²) >= 11 is 0. The van der Waals surface area contributed by atoms with Crippen LogP contribution in [-0.2, 0) is 67.4 Å². The SMILES string of the molecule is C1COCCN1.CC(=O)CC(=O)C(=O)[O-].CC(=O)CC(=O)C(=O)[O-].CC(=O)CC(=O)C(=O)[O-].[Ru+3]. The molecule has 1 saturated heterocycles. The second-order valence-electron chi connectivity index (χ2n) is 6.13. The van der Waals surface area contributed by atoms with Crippen LogP contribution in [-0.4, -0.2) is 78.9 Å². The monoisotopic (exact) mass is 576 g/mol. The number of carboxylic acid groups (broad SMARTS) is 3. The minimum Gasteiger partial charge on any atom is -0.542 e. The second-order valence-corrected chi connectivity index (χ2v) is 6.13. The van der Waals surface area contributed by atoms with E-state index in [0.29, 0.717) is 0 Å². The molecule has 0 bridgehead atoms. The summed E-state index contributed by atoms with van der Waals surface area (Å²) in [7, 11) is 0. The van der Waals surface area contributed by atoms with Gasteiger partial charge in [-0.05, 0) is 20.8 Å². The van der Waals surface area contributed by atoms with Crippen molar-refractivity contribution in [3.63, 3.8) is 0 Å². The summed E-state index contributed by atoms with van der Waals surface area (Å²) < 4.78 is 5.01. The van der Waals surface area contributed by atoms with Gasteiger partial charge in [0.2, 0.25) is 0 Å². The third-order valence-electron chi connectivity index (χ3n) is 2.76. The van der Waals surface area contributed by atoms with E-state index in [1.54, 1.807) is 0 Å². The molecular weight excluding hydrogens is 551 g/mol. The number of nitrogens with one attached hydrogen (secondary N) is 1. The number of carboxylic acids is 3. The van der Waals surface area contributed by atoms with Crippen molar-refractivity contribution in [3.8, 4) is 0 Å². The van der Waals surface area contributed by atoms with Gasteiger partial charge in [-0.3, -0.25) is 28.8 Å². The van der Waals surface area contributed by atoms with E-state index in [4.69, 9.17) is 4.74 Å². The number of aliphatic carboxylic acids is 3. The van der Waals surface area contributed by atoms with E-state index < -0.39 is 71.9 Å².